The van der Waals surface area contributed by atoms with Crippen LogP contribution >= 0.6 is 11.6 Å². The number of carbonyl (C=O) groups excluding carboxylic acids is 2. The summed E-state index contributed by atoms with van der Waals surface area (Å²) in [6.07, 6.45) is 0.308. The van der Waals surface area contributed by atoms with Gasteiger partial charge in [0.25, 0.3) is 5.91 Å². The van der Waals surface area contributed by atoms with Gasteiger partial charge in [0.1, 0.15) is 17.0 Å². The van der Waals surface area contributed by atoms with Crippen LogP contribution in [-0.4, -0.2) is 36.0 Å². The molecule has 144 valence electrons. The molecule has 2 aromatic carbocycles. The summed E-state index contributed by atoms with van der Waals surface area (Å²) in [5.74, 6) is 0.0765. The maximum absolute atomic E-state index is 12.8. The molecule has 3 aromatic rings. The van der Waals surface area contributed by atoms with Crippen molar-refractivity contribution >= 4 is 29.1 Å². The van der Waals surface area contributed by atoms with Gasteiger partial charge < -0.3 is 14.7 Å². The van der Waals surface area contributed by atoms with Gasteiger partial charge >= 0.3 is 0 Å². The smallest absolute Gasteiger partial charge is 0.261 e. The summed E-state index contributed by atoms with van der Waals surface area (Å²) in [6.45, 7) is 1.68. The fourth-order valence-electron chi connectivity index (χ4n) is 2.71. The molecule has 1 N–H and O–H groups in total. The van der Waals surface area contributed by atoms with Crippen molar-refractivity contribution in [2.75, 3.05) is 19.4 Å². The molecule has 28 heavy (non-hydrogen) atoms. The van der Waals surface area contributed by atoms with Crippen molar-refractivity contribution in [1.82, 2.24) is 10.1 Å². The van der Waals surface area contributed by atoms with E-state index in [4.69, 9.17) is 16.1 Å². The van der Waals surface area contributed by atoms with E-state index in [0.717, 1.165) is 5.56 Å². The number of aryl methyl sites for hydroxylation is 1. The monoisotopic (exact) mass is 397 g/mol. The number of nitrogens with zero attached hydrogens (tertiary/aromatic N) is 2. The van der Waals surface area contributed by atoms with Gasteiger partial charge in [-0.2, -0.15) is 0 Å². The highest BCUT2D eigenvalue weighted by Crippen LogP contribution is 2.31. The van der Waals surface area contributed by atoms with E-state index in [1.54, 1.807) is 56.3 Å². The van der Waals surface area contributed by atoms with Gasteiger partial charge in [0.2, 0.25) is 5.91 Å². The van der Waals surface area contributed by atoms with Crippen molar-refractivity contribution in [2.45, 2.75) is 13.3 Å². The SMILES string of the molecule is Cc1onc(-c2ccccc2Cl)c1C(=O)Nc1ccc(CC(=O)N(C)C)cc1. The fraction of sp³-hybridized carbons (Fsp3) is 0.190. The highest BCUT2D eigenvalue weighted by Gasteiger charge is 2.23. The summed E-state index contributed by atoms with van der Waals surface area (Å²) >= 11 is 6.24. The van der Waals surface area contributed by atoms with Gasteiger partial charge in [-0.25, -0.2) is 0 Å². The Morgan fingerprint density at radius 3 is 2.43 bits per heavy atom. The number of hydrogen-bond donors (Lipinski definition) is 1. The molecular formula is C21H20ClN3O3. The van der Waals surface area contributed by atoms with E-state index in [-0.39, 0.29) is 11.8 Å². The lowest BCUT2D eigenvalue weighted by atomic mass is 10.1. The molecule has 0 aliphatic carbocycles. The van der Waals surface area contributed by atoms with Crippen LogP contribution in [0.3, 0.4) is 0 Å². The van der Waals surface area contributed by atoms with Crippen LogP contribution < -0.4 is 5.32 Å². The van der Waals surface area contributed by atoms with Crippen LogP contribution in [0.25, 0.3) is 11.3 Å². The molecule has 1 aromatic heterocycles. The topological polar surface area (TPSA) is 75.4 Å². The van der Waals surface area contributed by atoms with E-state index in [2.05, 4.69) is 10.5 Å². The highest BCUT2D eigenvalue weighted by molar-refractivity contribution is 6.33. The van der Waals surface area contributed by atoms with Gasteiger partial charge in [-0.15, -0.1) is 0 Å². The second-order valence-corrected chi connectivity index (χ2v) is 6.97. The van der Waals surface area contributed by atoms with Crippen LogP contribution in [0.5, 0.6) is 0 Å². The van der Waals surface area contributed by atoms with Crippen LogP contribution in [0.2, 0.25) is 5.02 Å². The largest absolute Gasteiger partial charge is 0.360 e. The van der Waals surface area contributed by atoms with Crippen LogP contribution in [0.15, 0.2) is 53.1 Å². The van der Waals surface area contributed by atoms with Crippen LogP contribution in [0, 0.1) is 6.92 Å². The van der Waals surface area contributed by atoms with Crippen LogP contribution in [0.4, 0.5) is 5.69 Å². The third-order valence-corrected chi connectivity index (χ3v) is 4.61. The molecule has 1 heterocycles. The number of anilines is 1. The Labute approximate surface area is 168 Å². The minimum atomic E-state index is -0.342. The molecule has 0 fully saturated rings. The first kappa shape index (κ1) is 19.6. The minimum Gasteiger partial charge on any atom is -0.360 e. The van der Waals surface area contributed by atoms with Gasteiger partial charge in [0, 0.05) is 25.3 Å². The summed E-state index contributed by atoms with van der Waals surface area (Å²) < 4.78 is 5.24. The average molecular weight is 398 g/mol. The van der Waals surface area contributed by atoms with Crippen LogP contribution in [-0.2, 0) is 11.2 Å². The van der Waals surface area contributed by atoms with E-state index in [0.29, 0.717) is 39.7 Å². The summed E-state index contributed by atoms with van der Waals surface area (Å²) in [5, 5.41) is 7.34. The molecule has 0 aliphatic rings. The zero-order valence-corrected chi connectivity index (χ0v) is 16.6. The second-order valence-electron chi connectivity index (χ2n) is 6.56. The number of halogens is 1. The molecular weight excluding hydrogens is 378 g/mol. The van der Waals surface area contributed by atoms with E-state index in [9.17, 15) is 9.59 Å². The average Bonchev–Trinajstić information content (AvgIpc) is 3.05. The normalized spacial score (nSPS) is 10.6. The number of amides is 2. The lowest BCUT2D eigenvalue weighted by Gasteiger charge is -2.11. The first-order valence-corrected chi connectivity index (χ1v) is 9.06. The third-order valence-electron chi connectivity index (χ3n) is 4.28. The third kappa shape index (κ3) is 4.23. The zero-order chi connectivity index (χ0) is 20.3. The van der Waals surface area contributed by atoms with E-state index in [1.165, 1.54) is 0 Å². The van der Waals surface area contributed by atoms with Crippen molar-refractivity contribution in [3.63, 3.8) is 0 Å². The standard InChI is InChI=1S/C21H20ClN3O3/c1-13-19(20(24-28-13)16-6-4-5-7-17(16)22)21(27)23-15-10-8-14(9-11-15)12-18(26)25(2)3/h4-11H,12H2,1-3H3,(H,23,27). The molecule has 0 aliphatic heterocycles. The lowest BCUT2D eigenvalue weighted by Crippen LogP contribution is -2.23. The number of aromatic nitrogens is 1. The lowest BCUT2D eigenvalue weighted by molar-refractivity contribution is -0.127. The van der Waals surface area contributed by atoms with Gasteiger partial charge in [-0.1, -0.05) is 47.1 Å². The van der Waals surface area contributed by atoms with E-state index in [1.807, 2.05) is 18.2 Å². The molecule has 0 bridgehead atoms. The Morgan fingerprint density at radius 1 is 1.11 bits per heavy atom. The van der Waals surface area contributed by atoms with Gasteiger partial charge in [0.05, 0.1) is 11.4 Å². The highest BCUT2D eigenvalue weighted by atomic mass is 35.5. The predicted molar refractivity (Wildman–Crippen MR) is 108 cm³/mol. The molecule has 3 rings (SSSR count). The Balaban J connectivity index is 1.80. The van der Waals surface area contributed by atoms with Gasteiger partial charge in [-0.3, -0.25) is 9.59 Å². The molecule has 7 heteroatoms. The maximum Gasteiger partial charge on any atom is 0.261 e. The van der Waals surface area contributed by atoms with Gasteiger partial charge in [-0.05, 0) is 30.7 Å². The van der Waals surface area contributed by atoms with E-state index >= 15 is 0 Å². The number of benzene rings is 2. The zero-order valence-electron chi connectivity index (χ0n) is 15.8. The summed E-state index contributed by atoms with van der Waals surface area (Å²) in [6, 6.07) is 14.3. The Kier molecular flexibility index (Phi) is 5.80. The molecule has 0 spiro atoms. The summed E-state index contributed by atoms with van der Waals surface area (Å²) in [7, 11) is 3.43. The summed E-state index contributed by atoms with van der Waals surface area (Å²) in [4.78, 5) is 26.2. The van der Waals surface area contributed by atoms with Crippen LogP contribution in [0.1, 0.15) is 21.7 Å². The predicted octanol–water partition coefficient (Wildman–Crippen LogP) is 4.19. The van der Waals surface area contributed by atoms with Crippen molar-refractivity contribution in [2.24, 2.45) is 0 Å². The quantitative estimate of drug-likeness (QED) is 0.700. The molecule has 0 atom stereocenters. The molecule has 0 radical (unpaired) electrons. The Bertz CT molecular complexity index is 1010. The first-order chi connectivity index (χ1) is 13.4. The van der Waals surface area contributed by atoms with Crippen molar-refractivity contribution in [3.8, 4) is 11.3 Å². The van der Waals surface area contributed by atoms with Crippen molar-refractivity contribution in [1.29, 1.82) is 0 Å². The Morgan fingerprint density at radius 2 is 1.79 bits per heavy atom. The summed E-state index contributed by atoms with van der Waals surface area (Å²) in [5.41, 5.74) is 2.84. The molecule has 2 amide bonds. The molecule has 0 unspecified atom stereocenters. The number of hydrogen-bond acceptors (Lipinski definition) is 4. The fourth-order valence-corrected chi connectivity index (χ4v) is 2.93. The van der Waals surface area contributed by atoms with Crippen molar-refractivity contribution < 1.29 is 14.1 Å². The molecule has 0 saturated heterocycles. The molecule has 6 nitrogen and oxygen atoms in total. The molecule has 0 saturated carbocycles. The second kappa shape index (κ2) is 8.27. The number of likely N-dealkylation sites (N-methyl/N-ethyl adjacent to an activating group) is 1. The minimum absolute atomic E-state index is 0.0151. The Hall–Kier alpha value is -3.12. The van der Waals surface area contributed by atoms with Gasteiger partial charge in [0.15, 0.2) is 0 Å². The maximum atomic E-state index is 12.8. The van der Waals surface area contributed by atoms with Crippen molar-refractivity contribution in [3.05, 3.63) is 70.4 Å². The number of nitrogens with one attached hydrogen (secondary N) is 1. The first-order valence-electron chi connectivity index (χ1n) is 8.68. The number of rotatable bonds is 5. The van der Waals surface area contributed by atoms with E-state index < -0.39 is 0 Å². The number of carbonyl (C=O) groups is 2.